The molecule has 0 spiro atoms. The molecule has 1 aliphatic heterocycles. The van der Waals surface area contributed by atoms with E-state index in [2.05, 4.69) is 15.7 Å². The van der Waals surface area contributed by atoms with Crippen molar-refractivity contribution in [2.24, 2.45) is 5.84 Å². The van der Waals surface area contributed by atoms with Crippen LogP contribution in [0.1, 0.15) is 22.5 Å². The molecule has 92 valence electrons. The van der Waals surface area contributed by atoms with Crippen LogP contribution in [0.3, 0.4) is 0 Å². The van der Waals surface area contributed by atoms with E-state index in [0.29, 0.717) is 11.4 Å². The summed E-state index contributed by atoms with van der Waals surface area (Å²) in [6, 6.07) is 3.71. The Labute approximate surface area is 105 Å². The third-order valence-electron chi connectivity index (χ3n) is 2.63. The fraction of sp³-hybridized carbons (Fsp3) is 0.455. The van der Waals surface area contributed by atoms with Gasteiger partial charge in [0.05, 0.1) is 0 Å². The van der Waals surface area contributed by atoms with Gasteiger partial charge in [-0.15, -0.1) is 0 Å². The second-order valence-corrected chi connectivity index (χ2v) is 5.21. The Kier molecular flexibility index (Phi) is 3.86. The molecule has 0 radical (unpaired) electrons. The van der Waals surface area contributed by atoms with Crippen LogP contribution in [0.5, 0.6) is 0 Å². The van der Waals surface area contributed by atoms with Crippen molar-refractivity contribution in [3.8, 4) is 0 Å². The van der Waals surface area contributed by atoms with Crippen LogP contribution >= 0.6 is 11.8 Å². The molecule has 6 heteroatoms. The predicted octanol–water partition coefficient (Wildman–Crippen LogP) is 0.911. The van der Waals surface area contributed by atoms with Crippen molar-refractivity contribution < 1.29 is 4.79 Å². The molecular formula is C11H16N4OS. The lowest BCUT2D eigenvalue weighted by Gasteiger charge is -2.12. The van der Waals surface area contributed by atoms with E-state index < -0.39 is 0 Å². The fourth-order valence-electron chi connectivity index (χ4n) is 1.79. The van der Waals surface area contributed by atoms with Gasteiger partial charge in [0.25, 0.3) is 5.91 Å². The van der Waals surface area contributed by atoms with Crippen molar-refractivity contribution in [1.82, 2.24) is 10.3 Å². The van der Waals surface area contributed by atoms with Crippen LogP contribution < -0.4 is 16.6 Å². The number of anilines is 1. The van der Waals surface area contributed by atoms with Crippen LogP contribution in [-0.4, -0.2) is 28.4 Å². The number of hydrogen-bond acceptors (Lipinski definition) is 5. The number of thioether (sulfide) groups is 1. The molecule has 1 unspecified atom stereocenters. The number of carbonyl (C=O) groups excluding carboxylic acids is 1. The van der Waals surface area contributed by atoms with Crippen LogP contribution in [0.2, 0.25) is 0 Å². The van der Waals surface area contributed by atoms with Crippen molar-refractivity contribution in [2.45, 2.75) is 19.4 Å². The van der Waals surface area contributed by atoms with Crippen molar-refractivity contribution in [1.29, 1.82) is 0 Å². The molecular weight excluding hydrogens is 236 g/mol. The van der Waals surface area contributed by atoms with E-state index in [-0.39, 0.29) is 11.9 Å². The first kappa shape index (κ1) is 12.2. The Morgan fingerprint density at radius 1 is 1.59 bits per heavy atom. The van der Waals surface area contributed by atoms with Gasteiger partial charge in [0, 0.05) is 23.1 Å². The van der Waals surface area contributed by atoms with Gasteiger partial charge >= 0.3 is 0 Å². The molecule has 0 bridgehead atoms. The second-order valence-electron chi connectivity index (χ2n) is 4.06. The number of rotatable bonds is 3. The van der Waals surface area contributed by atoms with E-state index in [1.807, 2.05) is 18.7 Å². The lowest BCUT2D eigenvalue weighted by atomic mass is 10.2. The van der Waals surface area contributed by atoms with E-state index in [0.717, 1.165) is 23.6 Å². The largest absolute Gasteiger partial charge is 0.348 e. The molecule has 17 heavy (non-hydrogen) atoms. The zero-order valence-corrected chi connectivity index (χ0v) is 10.5. The molecule has 1 atom stereocenters. The van der Waals surface area contributed by atoms with E-state index >= 15 is 0 Å². The van der Waals surface area contributed by atoms with Crippen LogP contribution in [0.15, 0.2) is 12.1 Å². The summed E-state index contributed by atoms with van der Waals surface area (Å²) in [5.74, 6) is 7.88. The molecule has 1 aliphatic rings. The summed E-state index contributed by atoms with van der Waals surface area (Å²) in [7, 11) is 0. The number of nitrogen functional groups attached to an aromatic ring is 1. The van der Waals surface area contributed by atoms with Gasteiger partial charge in [-0.3, -0.25) is 4.79 Å². The highest BCUT2D eigenvalue weighted by atomic mass is 32.2. The van der Waals surface area contributed by atoms with Crippen LogP contribution in [0.25, 0.3) is 0 Å². The van der Waals surface area contributed by atoms with Crippen LogP contribution in [-0.2, 0) is 0 Å². The maximum absolute atomic E-state index is 12.0. The Hall–Kier alpha value is -1.27. The zero-order valence-electron chi connectivity index (χ0n) is 9.69. The normalized spacial score (nSPS) is 19.1. The van der Waals surface area contributed by atoms with Crippen molar-refractivity contribution in [3.63, 3.8) is 0 Å². The minimum absolute atomic E-state index is 0.0560. The number of nitrogens with two attached hydrogens (primary N) is 1. The van der Waals surface area contributed by atoms with E-state index in [4.69, 9.17) is 5.84 Å². The molecule has 1 saturated heterocycles. The minimum Gasteiger partial charge on any atom is -0.348 e. The molecule has 1 amide bonds. The van der Waals surface area contributed by atoms with Gasteiger partial charge in [-0.1, -0.05) is 0 Å². The number of nitrogens with zero attached hydrogens (tertiary/aromatic N) is 1. The summed E-state index contributed by atoms with van der Waals surface area (Å²) in [6.45, 7) is 1.84. The van der Waals surface area contributed by atoms with Gasteiger partial charge in [0.1, 0.15) is 5.82 Å². The highest BCUT2D eigenvalue weighted by Gasteiger charge is 2.18. The Bertz CT molecular complexity index is 418. The summed E-state index contributed by atoms with van der Waals surface area (Å²) in [6.07, 6.45) is 1.04. The number of aromatic nitrogens is 1. The number of aryl methyl sites for hydroxylation is 1. The third-order valence-corrected chi connectivity index (χ3v) is 3.79. The average Bonchev–Trinajstić information content (AvgIpc) is 2.81. The number of carbonyl (C=O) groups is 1. The molecule has 1 aromatic heterocycles. The average molecular weight is 252 g/mol. The lowest BCUT2D eigenvalue weighted by molar-refractivity contribution is 0.0941. The standard InChI is InChI=1S/C11H16N4OS/c1-7-4-8(5-10(13-7)15-12)11(16)14-9-2-3-17-6-9/h4-5,9H,2-3,6,12H2,1H3,(H,13,15)(H,14,16). The second kappa shape index (κ2) is 5.37. The first-order valence-corrected chi connectivity index (χ1v) is 6.68. The van der Waals surface area contributed by atoms with Crippen LogP contribution in [0, 0.1) is 6.92 Å². The Morgan fingerprint density at radius 2 is 2.41 bits per heavy atom. The summed E-state index contributed by atoms with van der Waals surface area (Å²) >= 11 is 1.87. The number of amides is 1. The fourth-order valence-corrected chi connectivity index (χ4v) is 2.94. The van der Waals surface area contributed by atoms with E-state index in [1.165, 1.54) is 0 Å². The highest BCUT2D eigenvalue weighted by molar-refractivity contribution is 7.99. The van der Waals surface area contributed by atoms with Crippen molar-refractivity contribution in [3.05, 3.63) is 23.4 Å². The van der Waals surface area contributed by atoms with E-state index in [1.54, 1.807) is 12.1 Å². The number of nitrogens with one attached hydrogen (secondary N) is 2. The van der Waals surface area contributed by atoms with Gasteiger partial charge in [-0.2, -0.15) is 11.8 Å². The van der Waals surface area contributed by atoms with E-state index in [9.17, 15) is 4.79 Å². The maximum Gasteiger partial charge on any atom is 0.251 e. The topological polar surface area (TPSA) is 80.0 Å². The SMILES string of the molecule is Cc1cc(C(=O)NC2CCSC2)cc(NN)n1. The third kappa shape index (κ3) is 3.10. The number of hydrazine groups is 1. The first-order valence-electron chi connectivity index (χ1n) is 5.53. The predicted molar refractivity (Wildman–Crippen MR) is 70.0 cm³/mol. The van der Waals surface area contributed by atoms with Gasteiger partial charge in [-0.25, -0.2) is 10.8 Å². The smallest absolute Gasteiger partial charge is 0.251 e. The summed E-state index contributed by atoms with van der Waals surface area (Å²) < 4.78 is 0. The quantitative estimate of drug-likeness (QED) is 0.550. The summed E-state index contributed by atoms with van der Waals surface area (Å²) in [4.78, 5) is 16.2. The van der Waals surface area contributed by atoms with Gasteiger partial charge in [0.15, 0.2) is 0 Å². The highest BCUT2D eigenvalue weighted by Crippen LogP contribution is 2.18. The molecule has 0 saturated carbocycles. The Morgan fingerprint density at radius 3 is 3.06 bits per heavy atom. The van der Waals surface area contributed by atoms with Crippen LogP contribution in [0.4, 0.5) is 5.82 Å². The Balaban J connectivity index is 2.09. The minimum atomic E-state index is -0.0560. The van der Waals surface area contributed by atoms with Gasteiger partial charge in [0.2, 0.25) is 0 Å². The molecule has 0 aliphatic carbocycles. The maximum atomic E-state index is 12.0. The molecule has 5 nitrogen and oxygen atoms in total. The lowest BCUT2D eigenvalue weighted by Crippen LogP contribution is -2.34. The first-order chi connectivity index (χ1) is 8.19. The molecule has 2 rings (SSSR count). The monoisotopic (exact) mass is 252 g/mol. The molecule has 1 fully saturated rings. The number of hydrogen-bond donors (Lipinski definition) is 3. The van der Waals surface area contributed by atoms with Gasteiger partial charge in [-0.05, 0) is 31.2 Å². The number of pyridine rings is 1. The van der Waals surface area contributed by atoms with Crippen molar-refractivity contribution >= 4 is 23.5 Å². The molecule has 4 N–H and O–H groups in total. The molecule has 0 aromatic carbocycles. The molecule has 1 aromatic rings. The zero-order chi connectivity index (χ0) is 12.3. The summed E-state index contributed by atoms with van der Waals surface area (Å²) in [5, 5.41) is 3.02. The van der Waals surface area contributed by atoms with Gasteiger partial charge < -0.3 is 10.7 Å². The molecule has 2 heterocycles. The summed E-state index contributed by atoms with van der Waals surface area (Å²) in [5.41, 5.74) is 3.83. The van der Waals surface area contributed by atoms with Crippen molar-refractivity contribution in [2.75, 3.05) is 16.9 Å².